The monoisotopic (exact) mass is 455 g/mol. The Morgan fingerprint density at radius 2 is 1.97 bits per heavy atom. The molecule has 31 heavy (non-hydrogen) atoms. The number of ether oxygens (including phenoxy) is 1. The van der Waals surface area contributed by atoms with Gasteiger partial charge < -0.3 is 15.0 Å². The lowest BCUT2D eigenvalue weighted by Gasteiger charge is -2.28. The Hall–Kier alpha value is -2.62. The quantitative estimate of drug-likeness (QED) is 0.627. The topological polar surface area (TPSA) is 71.5 Å². The van der Waals surface area contributed by atoms with Crippen LogP contribution in [0.2, 0.25) is 0 Å². The Morgan fingerprint density at radius 3 is 2.65 bits per heavy atom. The molecule has 2 heterocycles. The molecule has 1 aliphatic heterocycles. The van der Waals surface area contributed by atoms with Crippen LogP contribution in [0.15, 0.2) is 30.5 Å². The summed E-state index contributed by atoms with van der Waals surface area (Å²) in [4.78, 5) is 30.9. The van der Waals surface area contributed by atoms with Crippen molar-refractivity contribution < 1.29 is 27.5 Å². The molecule has 1 unspecified atom stereocenters. The predicted octanol–water partition coefficient (Wildman–Crippen LogP) is 5.20. The van der Waals surface area contributed by atoms with Gasteiger partial charge in [0.25, 0.3) is 0 Å². The van der Waals surface area contributed by atoms with E-state index in [0.29, 0.717) is 18.2 Å². The Kier molecular flexibility index (Phi) is 6.59. The van der Waals surface area contributed by atoms with Gasteiger partial charge in [-0.3, -0.25) is 4.79 Å². The second kappa shape index (κ2) is 8.86. The van der Waals surface area contributed by atoms with Gasteiger partial charge in [-0.2, -0.15) is 13.2 Å². The zero-order valence-corrected chi connectivity index (χ0v) is 18.3. The third-order valence-corrected chi connectivity index (χ3v) is 5.65. The molecule has 3 rings (SSSR count). The first-order chi connectivity index (χ1) is 14.5. The van der Waals surface area contributed by atoms with Crippen LogP contribution in [-0.4, -0.2) is 46.5 Å². The highest BCUT2D eigenvalue weighted by Crippen LogP contribution is 2.34. The predicted molar refractivity (Wildman–Crippen MR) is 111 cm³/mol. The van der Waals surface area contributed by atoms with Crippen LogP contribution in [0.3, 0.4) is 0 Å². The first-order valence-electron chi connectivity index (χ1n) is 9.86. The molecule has 1 aromatic heterocycles. The lowest BCUT2D eigenvalue weighted by atomic mass is 10.0. The fourth-order valence-electron chi connectivity index (χ4n) is 3.34. The van der Waals surface area contributed by atoms with Crippen molar-refractivity contribution in [3.05, 3.63) is 46.5 Å². The maximum Gasteiger partial charge on any atom is 0.417 e. The summed E-state index contributed by atoms with van der Waals surface area (Å²) in [5, 5.41) is 3.50. The molecule has 1 amide bonds. The molecule has 1 saturated heterocycles. The van der Waals surface area contributed by atoms with Crippen molar-refractivity contribution in [1.29, 1.82) is 0 Å². The smallest absolute Gasteiger partial charge is 0.417 e. The summed E-state index contributed by atoms with van der Waals surface area (Å²) in [6.07, 6.45) is -2.09. The highest BCUT2D eigenvalue weighted by Gasteiger charge is 2.35. The number of aromatic nitrogens is 1. The Morgan fingerprint density at radius 1 is 1.26 bits per heavy atom. The molecule has 6 nitrogen and oxygen atoms in total. The van der Waals surface area contributed by atoms with Crippen molar-refractivity contribution in [2.45, 2.75) is 51.4 Å². The van der Waals surface area contributed by atoms with Crippen molar-refractivity contribution in [2.75, 3.05) is 18.4 Å². The van der Waals surface area contributed by atoms with E-state index in [-0.39, 0.29) is 17.0 Å². The molecule has 0 spiro atoms. The normalized spacial score (nSPS) is 17.0. The average Bonchev–Trinajstić information content (AvgIpc) is 3.33. The molecular weight excluding hydrogens is 431 g/mol. The third kappa shape index (κ3) is 5.75. The van der Waals surface area contributed by atoms with E-state index in [9.17, 15) is 22.8 Å². The number of nitrogens with zero attached hydrogens (tertiary/aromatic N) is 2. The summed E-state index contributed by atoms with van der Waals surface area (Å²) in [6.45, 7) is 6.41. The van der Waals surface area contributed by atoms with Gasteiger partial charge in [0.05, 0.1) is 22.7 Å². The van der Waals surface area contributed by atoms with Crippen molar-refractivity contribution in [2.24, 2.45) is 0 Å². The van der Waals surface area contributed by atoms with E-state index < -0.39 is 28.7 Å². The summed E-state index contributed by atoms with van der Waals surface area (Å²) in [6, 6.07) is 4.60. The molecule has 0 bridgehead atoms. The van der Waals surface area contributed by atoms with Crippen molar-refractivity contribution in [3.63, 3.8) is 0 Å². The second-order valence-corrected chi connectivity index (χ2v) is 9.28. The molecule has 1 atom stereocenters. The zero-order valence-electron chi connectivity index (χ0n) is 17.5. The number of hydrogen-bond acceptors (Lipinski definition) is 6. The molecule has 0 aliphatic carbocycles. The van der Waals surface area contributed by atoms with Gasteiger partial charge in [-0.05, 0) is 39.7 Å². The molecular formula is C21H24F3N3O3S. The fourth-order valence-corrected chi connectivity index (χ4v) is 4.11. The number of nitrogens with one attached hydrogen (secondary N) is 1. The van der Waals surface area contributed by atoms with Crippen LogP contribution in [0.1, 0.15) is 54.4 Å². The molecule has 1 fully saturated rings. The number of carbonyl (C=O) groups is 2. The lowest BCUT2D eigenvalue weighted by molar-refractivity contribution is -0.137. The number of halogens is 3. The van der Waals surface area contributed by atoms with E-state index in [1.165, 1.54) is 18.3 Å². The van der Waals surface area contributed by atoms with E-state index >= 15 is 0 Å². The van der Waals surface area contributed by atoms with E-state index in [1.54, 1.807) is 25.7 Å². The summed E-state index contributed by atoms with van der Waals surface area (Å²) in [5.41, 5.74) is -1.96. The van der Waals surface area contributed by atoms with Crippen molar-refractivity contribution >= 4 is 28.3 Å². The summed E-state index contributed by atoms with van der Waals surface area (Å²) in [7, 11) is 0. The number of benzene rings is 1. The Bertz CT molecular complexity index is 953. The number of rotatable bonds is 5. The SMILES string of the molecule is CC(C)(C)OC(=O)N1CCCC1CNc1ncc(C(=O)c2ccccc2C(F)(F)F)s1. The standard InChI is InChI=1S/C21H24F3N3O3S/c1-20(2,3)30-19(29)27-10-6-7-13(27)11-25-18-26-12-16(31-18)17(28)14-8-4-5-9-15(14)21(22,23)24/h4-5,8-9,12-13H,6-7,10-11H2,1-3H3,(H,25,26). The van der Waals surface area contributed by atoms with Crippen LogP contribution < -0.4 is 5.32 Å². The van der Waals surface area contributed by atoms with Crippen molar-refractivity contribution in [3.8, 4) is 0 Å². The van der Waals surface area contributed by atoms with Gasteiger partial charge in [0.2, 0.25) is 5.78 Å². The van der Waals surface area contributed by atoms with Gasteiger partial charge in [-0.25, -0.2) is 9.78 Å². The minimum atomic E-state index is -4.62. The highest BCUT2D eigenvalue weighted by molar-refractivity contribution is 7.17. The number of ketones is 1. The van der Waals surface area contributed by atoms with Crippen LogP contribution in [0.4, 0.5) is 23.1 Å². The second-order valence-electron chi connectivity index (χ2n) is 8.25. The first kappa shape index (κ1) is 23.1. The average molecular weight is 456 g/mol. The van der Waals surface area contributed by atoms with Crippen LogP contribution in [-0.2, 0) is 10.9 Å². The van der Waals surface area contributed by atoms with Gasteiger partial charge in [0.15, 0.2) is 5.13 Å². The number of carbonyl (C=O) groups excluding carboxylic acids is 2. The summed E-state index contributed by atoms with van der Waals surface area (Å²) >= 11 is 0.984. The number of anilines is 1. The Labute approximate surface area is 182 Å². The highest BCUT2D eigenvalue weighted by atomic mass is 32.1. The maximum atomic E-state index is 13.2. The molecule has 0 saturated carbocycles. The number of hydrogen-bond donors (Lipinski definition) is 1. The van der Waals surface area contributed by atoms with Gasteiger partial charge in [-0.1, -0.05) is 29.5 Å². The number of likely N-dealkylation sites (tertiary alicyclic amines) is 1. The van der Waals surface area contributed by atoms with E-state index in [2.05, 4.69) is 10.3 Å². The van der Waals surface area contributed by atoms with Crippen LogP contribution in [0.25, 0.3) is 0 Å². The van der Waals surface area contributed by atoms with Crippen molar-refractivity contribution in [1.82, 2.24) is 9.88 Å². The fraction of sp³-hybridized carbons (Fsp3) is 0.476. The lowest BCUT2D eigenvalue weighted by Crippen LogP contribution is -2.42. The molecule has 1 aliphatic rings. The first-order valence-corrected chi connectivity index (χ1v) is 10.7. The summed E-state index contributed by atoms with van der Waals surface area (Å²) < 4.78 is 45.1. The third-order valence-electron chi connectivity index (χ3n) is 4.70. The van der Waals surface area contributed by atoms with E-state index in [0.717, 1.165) is 36.3 Å². The maximum absolute atomic E-state index is 13.2. The van der Waals surface area contributed by atoms with Gasteiger partial charge in [-0.15, -0.1) is 0 Å². The largest absolute Gasteiger partial charge is 0.444 e. The minimum Gasteiger partial charge on any atom is -0.444 e. The number of thiazole rings is 1. The number of alkyl halides is 3. The minimum absolute atomic E-state index is 0.0937. The molecule has 168 valence electrons. The van der Waals surface area contributed by atoms with Gasteiger partial charge >= 0.3 is 12.3 Å². The molecule has 1 N–H and O–H groups in total. The summed E-state index contributed by atoms with van der Waals surface area (Å²) in [5.74, 6) is -0.727. The molecule has 1 aromatic carbocycles. The van der Waals surface area contributed by atoms with E-state index in [4.69, 9.17) is 4.74 Å². The zero-order chi connectivity index (χ0) is 22.8. The molecule has 0 radical (unpaired) electrons. The van der Waals surface area contributed by atoms with Gasteiger partial charge in [0, 0.05) is 18.7 Å². The Balaban J connectivity index is 1.66. The van der Waals surface area contributed by atoms with Crippen LogP contribution >= 0.6 is 11.3 Å². The molecule has 10 heteroatoms. The van der Waals surface area contributed by atoms with Crippen LogP contribution in [0.5, 0.6) is 0 Å². The van der Waals surface area contributed by atoms with Gasteiger partial charge in [0.1, 0.15) is 5.60 Å². The van der Waals surface area contributed by atoms with Crippen LogP contribution in [0, 0.1) is 0 Å². The number of amides is 1. The molecule has 2 aromatic rings. The van der Waals surface area contributed by atoms with E-state index in [1.807, 2.05) is 0 Å².